The summed E-state index contributed by atoms with van der Waals surface area (Å²) in [5, 5.41) is 10.7. The van der Waals surface area contributed by atoms with Gasteiger partial charge in [0.2, 0.25) is 0 Å². The van der Waals surface area contributed by atoms with E-state index in [0.717, 1.165) is 17.5 Å². The normalized spacial score (nSPS) is 25.4. The summed E-state index contributed by atoms with van der Waals surface area (Å²) in [7, 11) is 0. The van der Waals surface area contributed by atoms with Crippen LogP contribution < -0.4 is 0 Å². The number of hydrogen-bond donors (Lipinski definition) is 1. The molecular weight excluding hydrogens is 340 g/mol. The van der Waals surface area contributed by atoms with Crippen LogP contribution in [0.3, 0.4) is 0 Å². The fourth-order valence-electron chi connectivity index (χ4n) is 3.44. The molecule has 1 N–H and O–H groups in total. The average molecular weight is 370 g/mol. The Morgan fingerprint density at radius 3 is 1.85 bits per heavy atom. The smallest absolute Gasteiger partial charge is 0.106 e. The van der Waals surface area contributed by atoms with Crippen molar-refractivity contribution in [3.8, 4) is 0 Å². The summed E-state index contributed by atoms with van der Waals surface area (Å²) < 4.78 is 18.1. The highest BCUT2D eigenvalue weighted by Gasteiger charge is 2.38. The van der Waals surface area contributed by atoms with Gasteiger partial charge in [-0.1, -0.05) is 67.6 Å². The highest BCUT2D eigenvalue weighted by Crippen LogP contribution is 2.28. The van der Waals surface area contributed by atoms with Gasteiger partial charge >= 0.3 is 0 Å². The molecule has 0 saturated heterocycles. The Labute approximate surface area is 162 Å². The van der Waals surface area contributed by atoms with Crippen LogP contribution in [0.15, 0.2) is 60.7 Å². The molecule has 1 aliphatic rings. The van der Waals surface area contributed by atoms with Crippen LogP contribution in [-0.4, -0.2) is 36.1 Å². The lowest BCUT2D eigenvalue weighted by Gasteiger charge is -2.38. The molecule has 2 aromatic rings. The van der Waals surface area contributed by atoms with Crippen molar-refractivity contribution in [1.29, 1.82) is 0 Å². The summed E-state index contributed by atoms with van der Waals surface area (Å²) >= 11 is 0. The summed E-state index contributed by atoms with van der Waals surface area (Å²) in [6.45, 7) is 3.75. The van der Waals surface area contributed by atoms with Gasteiger partial charge in [0.1, 0.15) is 6.10 Å². The lowest BCUT2D eigenvalue weighted by molar-refractivity contribution is -0.171. The monoisotopic (exact) mass is 370 g/mol. The van der Waals surface area contributed by atoms with Gasteiger partial charge in [0.25, 0.3) is 0 Å². The molecule has 0 aromatic heterocycles. The second kappa shape index (κ2) is 10.6. The molecule has 1 aliphatic carbocycles. The van der Waals surface area contributed by atoms with Gasteiger partial charge in [0.05, 0.1) is 31.5 Å². The van der Waals surface area contributed by atoms with E-state index >= 15 is 0 Å². The number of aliphatic hydroxyl groups is 1. The van der Waals surface area contributed by atoms with Gasteiger partial charge in [0.15, 0.2) is 0 Å². The molecule has 0 spiro atoms. The van der Waals surface area contributed by atoms with E-state index in [-0.39, 0.29) is 18.3 Å². The van der Waals surface area contributed by atoms with Crippen LogP contribution in [0.2, 0.25) is 0 Å². The van der Waals surface area contributed by atoms with E-state index in [1.54, 1.807) is 0 Å². The first-order valence-corrected chi connectivity index (χ1v) is 9.87. The summed E-state index contributed by atoms with van der Waals surface area (Å²) in [6, 6.07) is 20.2. The van der Waals surface area contributed by atoms with Crippen LogP contribution in [0.1, 0.15) is 37.3 Å². The fraction of sp³-hybridized carbons (Fsp3) is 0.478. The molecule has 0 aliphatic heterocycles. The van der Waals surface area contributed by atoms with E-state index in [0.29, 0.717) is 32.7 Å². The zero-order valence-corrected chi connectivity index (χ0v) is 16.0. The fourth-order valence-corrected chi connectivity index (χ4v) is 3.44. The quantitative estimate of drug-likeness (QED) is 0.722. The molecule has 0 bridgehead atoms. The molecule has 4 atom stereocenters. The molecule has 3 rings (SSSR count). The van der Waals surface area contributed by atoms with Crippen molar-refractivity contribution in [2.45, 2.75) is 63.8 Å². The van der Waals surface area contributed by atoms with E-state index in [4.69, 9.17) is 14.2 Å². The second-order valence-corrected chi connectivity index (χ2v) is 7.12. The second-order valence-electron chi connectivity index (χ2n) is 7.12. The summed E-state index contributed by atoms with van der Waals surface area (Å²) in [5.41, 5.74) is 2.25. The number of aliphatic hydroxyl groups excluding tert-OH is 1. The zero-order valence-electron chi connectivity index (χ0n) is 16.0. The maximum Gasteiger partial charge on any atom is 0.106 e. The molecule has 0 radical (unpaired) electrons. The van der Waals surface area contributed by atoms with Crippen molar-refractivity contribution in [3.05, 3.63) is 71.8 Å². The Morgan fingerprint density at radius 2 is 1.30 bits per heavy atom. The van der Waals surface area contributed by atoms with E-state index in [2.05, 4.69) is 19.1 Å². The molecule has 0 amide bonds. The van der Waals surface area contributed by atoms with Crippen LogP contribution in [0.25, 0.3) is 0 Å². The first kappa shape index (κ1) is 20.0. The van der Waals surface area contributed by atoms with E-state index in [1.165, 1.54) is 0 Å². The Bertz CT molecular complexity index is 646. The van der Waals surface area contributed by atoms with Crippen LogP contribution in [0.5, 0.6) is 0 Å². The van der Waals surface area contributed by atoms with Crippen LogP contribution in [0, 0.1) is 0 Å². The molecule has 146 valence electrons. The highest BCUT2D eigenvalue weighted by molar-refractivity contribution is 5.14. The SMILES string of the molecule is CCCO[C@@H]1C[C@H](OCc2ccccc2)C[C@@H](OCc2ccccc2)[C@H]1O. The Hall–Kier alpha value is -1.72. The van der Waals surface area contributed by atoms with Gasteiger partial charge < -0.3 is 19.3 Å². The molecule has 27 heavy (non-hydrogen) atoms. The summed E-state index contributed by atoms with van der Waals surface area (Å²) in [6.07, 6.45) is 1.13. The average Bonchev–Trinajstić information content (AvgIpc) is 2.72. The molecule has 1 fully saturated rings. The van der Waals surface area contributed by atoms with Crippen molar-refractivity contribution in [2.24, 2.45) is 0 Å². The highest BCUT2D eigenvalue weighted by atomic mass is 16.5. The van der Waals surface area contributed by atoms with Crippen molar-refractivity contribution >= 4 is 0 Å². The zero-order chi connectivity index (χ0) is 18.9. The molecule has 0 unspecified atom stereocenters. The van der Waals surface area contributed by atoms with Gasteiger partial charge in [-0.2, -0.15) is 0 Å². The van der Waals surface area contributed by atoms with Crippen molar-refractivity contribution in [2.75, 3.05) is 6.61 Å². The van der Waals surface area contributed by atoms with Gasteiger partial charge in [-0.3, -0.25) is 0 Å². The minimum atomic E-state index is -0.628. The topological polar surface area (TPSA) is 47.9 Å². The van der Waals surface area contributed by atoms with E-state index < -0.39 is 6.10 Å². The van der Waals surface area contributed by atoms with Gasteiger partial charge in [-0.25, -0.2) is 0 Å². The Kier molecular flexibility index (Phi) is 7.84. The summed E-state index contributed by atoms with van der Waals surface area (Å²) in [5.74, 6) is 0. The van der Waals surface area contributed by atoms with Crippen molar-refractivity contribution in [3.63, 3.8) is 0 Å². The first-order valence-electron chi connectivity index (χ1n) is 9.87. The van der Waals surface area contributed by atoms with Gasteiger partial charge in [0, 0.05) is 19.4 Å². The van der Waals surface area contributed by atoms with Crippen LogP contribution in [0.4, 0.5) is 0 Å². The molecule has 4 heteroatoms. The molecule has 1 saturated carbocycles. The minimum Gasteiger partial charge on any atom is -0.388 e. The third-order valence-electron chi connectivity index (χ3n) is 4.92. The Morgan fingerprint density at radius 1 is 0.778 bits per heavy atom. The minimum absolute atomic E-state index is 0.0104. The van der Waals surface area contributed by atoms with Crippen molar-refractivity contribution in [1.82, 2.24) is 0 Å². The van der Waals surface area contributed by atoms with Crippen LogP contribution in [-0.2, 0) is 27.4 Å². The largest absolute Gasteiger partial charge is 0.388 e. The third-order valence-corrected chi connectivity index (χ3v) is 4.92. The van der Waals surface area contributed by atoms with E-state index in [9.17, 15) is 5.11 Å². The number of rotatable bonds is 9. The molecule has 0 heterocycles. The summed E-state index contributed by atoms with van der Waals surface area (Å²) in [4.78, 5) is 0. The number of hydrogen-bond acceptors (Lipinski definition) is 4. The molecular formula is C23H30O4. The third kappa shape index (κ3) is 6.15. The van der Waals surface area contributed by atoms with Gasteiger partial charge in [-0.05, 0) is 17.5 Å². The van der Waals surface area contributed by atoms with Gasteiger partial charge in [-0.15, -0.1) is 0 Å². The number of ether oxygens (including phenoxy) is 3. The van der Waals surface area contributed by atoms with Crippen LogP contribution >= 0.6 is 0 Å². The lowest BCUT2D eigenvalue weighted by Crippen LogP contribution is -2.49. The van der Waals surface area contributed by atoms with Crippen molar-refractivity contribution < 1.29 is 19.3 Å². The maximum absolute atomic E-state index is 10.7. The predicted molar refractivity (Wildman–Crippen MR) is 105 cm³/mol. The lowest BCUT2D eigenvalue weighted by atomic mass is 9.89. The number of benzene rings is 2. The maximum atomic E-state index is 10.7. The predicted octanol–water partition coefficient (Wildman–Crippen LogP) is 4.11. The first-order chi connectivity index (χ1) is 13.3. The molecule has 4 nitrogen and oxygen atoms in total. The molecule has 2 aromatic carbocycles. The van der Waals surface area contributed by atoms with E-state index in [1.807, 2.05) is 48.5 Å². The Balaban J connectivity index is 1.59. The standard InChI is InChI=1S/C23H30O4/c1-2-13-25-21-14-20(26-16-18-9-5-3-6-10-18)15-22(23(21)24)27-17-19-11-7-4-8-12-19/h3-12,20-24H,2,13-17H2,1H3/t20-,21+,22+,23-/m0/s1.